The summed E-state index contributed by atoms with van der Waals surface area (Å²) in [5.41, 5.74) is 7.17. The maximum atomic E-state index is 9.72. The van der Waals surface area contributed by atoms with Crippen LogP contribution in [0, 0.1) is 27.7 Å². The molecule has 20 heavy (non-hydrogen) atoms. The highest BCUT2D eigenvalue weighted by Gasteiger charge is 2.02. The van der Waals surface area contributed by atoms with Crippen molar-refractivity contribution in [3.8, 4) is 5.75 Å². The normalized spacial score (nSPS) is 11.0. The lowest BCUT2D eigenvalue weighted by Gasteiger charge is -2.05. The summed E-state index contributed by atoms with van der Waals surface area (Å²) in [6.45, 7) is 7.55. The minimum absolute atomic E-state index is 0.327. The van der Waals surface area contributed by atoms with Gasteiger partial charge in [0.25, 0.3) is 0 Å². The van der Waals surface area contributed by atoms with Crippen LogP contribution in [0.2, 0.25) is 0 Å². The lowest BCUT2D eigenvalue weighted by molar-refractivity contribution is 0.467. The van der Waals surface area contributed by atoms with Gasteiger partial charge in [-0.3, -0.25) is 0 Å². The summed E-state index contributed by atoms with van der Waals surface area (Å²) in [6, 6.07) is 5.65. The Morgan fingerprint density at radius 2 is 1.55 bits per heavy atom. The van der Waals surface area contributed by atoms with E-state index in [1.54, 1.807) is 6.21 Å². The molecule has 0 saturated carbocycles. The Labute approximate surface area is 118 Å². The zero-order chi connectivity index (χ0) is 14.7. The third kappa shape index (κ3) is 3.32. The van der Waals surface area contributed by atoms with Crippen molar-refractivity contribution in [2.45, 2.75) is 27.7 Å². The van der Waals surface area contributed by atoms with Crippen LogP contribution in [0.5, 0.6) is 5.75 Å². The van der Waals surface area contributed by atoms with Gasteiger partial charge in [0.1, 0.15) is 5.75 Å². The molecule has 5 nitrogen and oxygen atoms in total. The highest BCUT2D eigenvalue weighted by atomic mass is 16.3. The van der Waals surface area contributed by atoms with Crippen molar-refractivity contribution in [1.82, 2.24) is 9.97 Å². The van der Waals surface area contributed by atoms with Crippen molar-refractivity contribution < 1.29 is 5.11 Å². The summed E-state index contributed by atoms with van der Waals surface area (Å²) in [6.07, 6.45) is 1.68. The molecule has 1 aromatic carbocycles. The lowest BCUT2D eigenvalue weighted by atomic mass is 10.1. The van der Waals surface area contributed by atoms with E-state index in [1.807, 2.05) is 45.9 Å². The van der Waals surface area contributed by atoms with Crippen LogP contribution in [0.4, 0.5) is 5.95 Å². The lowest BCUT2D eigenvalue weighted by Crippen LogP contribution is -1.99. The summed E-state index contributed by atoms with van der Waals surface area (Å²) in [4.78, 5) is 8.48. The van der Waals surface area contributed by atoms with Crippen LogP contribution in [-0.4, -0.2) is 21.3 Å². The minimum atomic E-state index is 0.327. The zero-order valence-electron chi connectivity index (χ0n) is 12.1. The maximum absolute atomic E-state index is 9.72. The Hall–Kier alpha value is -2.43. The largest absolute Gasteiger partial charge is 0.507 e. The number of benzene rings is 1. The molecule has 0 spiro atoms. The van der Waals surface area contributed by atoms with E-state index in [9.17, 15) is 5.11 Å². The molecule has 5 heteroatoms. The molecule has 0 aliphatic heterocycles. The second kappa shape index (κ2) is 5.69. The monoisotopic (exact) mass is 270 g/mol. The first-order valence-corrected chi connectivity index (χ1v) is 6.37. The number of phenolic OH excluding ortho intramolecular Hbond substituents is 1. The molecule has 1 aromatic heterocycles. The van der Waals surface area contributed by atoms with Crippen molar-refractivity contribution in [2.24, 2.45) is 5.10 Å². The molecule has 2 aromatic rings. The summed E-state index contributed by atoms with van der Waals surface area (Å²) < 4.78 is 0. The summed E-state index contributed by atoms with van der Waals surface area (Å²) >= 11 is 0. The number of nitrogens with one attached hydrogen (secondary N) is 1. The van der Waals surface area contributed by atoms with Gasteiger partial charge in [0, 0.05) is 11.4 Å². The van der Waals surface area contributed by atoms with Gasteiger partial charge in [-0.25, -0.2) is 15.4 Å². The molecule has 0 aliphatic rings. The van der Waals surface area contributed by atoms with Gasteiger partial charge in [0.2, 0.25) is 5.95 Å². The van der Waals surface area contributed by atoms with E-state index < -0.39 is 0 Å². The molecule has 1 heterocycles. The average molecular weight is 270 g/mol. The van der Waals surface area contributed by atoms with E-state index in [4.69, 9.17) is 0 Å². The molecule has 0 amide bonds. The number of phenols is 1. The topological polar surface area (TPSA) is 70.4 Å². The van der Waals surface area contributed by atoms with E-state index in [2.05, 4.69) is 20.5 Å². The highest BCUT2D eigenvalue weighted by molar-refractivity contribution is 5.81. The molecule has 0 saturated heterocycles. The Kier molecular flexibility index (Phi) is 3.98. The molecular formula is C15H18N4O. The van der Waals surface area contributed by atoms with E-state index in [-0.39, 0.29) is 0 Å². The Bertz CT molecular complexity index is 622. The number of aromatic hydroxyl groups is 1. The van der Waals surface area contributed by atoms with Crippen LogP contribution in [0.25, 0.3) is 0 Å². The van der Waals surface area contributed by atoms with Gasteiger partial charge in [-0.05, 0) is 62.6 Å². The number of aromatic nitrogens is 2. The van der Waals surface area contributed by atoms with Gasteiger partial charge < -0.3 is 5.11 Å². The van der Waals surface area contributed by atoms with Crippen molar-refractivity contribution in [3.05, 3.63) is 46.3 Å². The van der Waals surface area contributed by atoms with Gasteiger partial charge in [0.05, 0.1) is 6.21 Å². The van der Waals surface area contributed by atoms with Crippen molar-refractivity contribution >= 4 is 12.2 Å². The van der Waals surface area contributed by atoms with E-state index in [0.717, 1.165) is 28.1 Å². The van der Waals surface area contributed by atoms with Gasteiger partial charge in [0.15, 0.2) is 0 Å². The summed E-state index contributed by atoms with van der Waals surface area (Å²) in [5.74, 6) is 0.804. The molecule has 104 valence electrons. The predicted molar refractivity (Wildman–Crippen MR) is 80.3 cm³/mol. The Balaban J connectivity index is 2.14. The predicted octanol–water partition coefficient (Wildman–Crippen LogP) is 2.86. The fourth-order valence-electron chi connectivity index (χ4n) is 2.00. The van der Waals surface area contributed by atoms with Gasteiger partial charge in [-0.1, -0.05) is 0 Å². The van der Waals surface area contributed by atoms with Gasteiger partial charge >= 0.3 is 0 Å². The van der Waals surface area contributed by atoms with Crippen molar-refractivity contribution in [1.29, 1.82) is 0 Å². The molecule has 0 unspecified atom stereocenters. The SMILES string of the molecule is Cc1cc(C)nc(N/N=C/c2cc(C)c(O)c(C)c2)n1. The van der Waals surface area contributed by atoms with E-state index in [1.165, 1.54) is 0 Å². The summed E-state index contributed by atoms with van der Waals surface area (Å²) in [7, 11) is 0. The maximum Gasteiger partial charge on any atom is 0.243 e. The number of anilines is 1. The average Bonchev–Trinajstić information content (AvgIpc) is 2.34. The number of nitrogens with zero attached hydrogens (tertiary/aromatic N) is 3. The molecule has 0 bridgehead atoms. The quantitative estimate of drug-likeness (QED) is 0.664. The zero-order valence-corrected chi connectivity index (χ0v) is 12.1. The first-order chi connectivity index (χ1) is 9.45. The van der Waals surface area contributed by atoms with Crippen LogP contribution >= 0.6 is 0 Å². The summed E-state index contributed by atoms with van der Waals surface area (Å²) in [5, 5.41) is 13.8. The van der Waals surface area contributed by atoms with Crippen LogP contribution in [0.3, 0.4) is 0 Å². The van der Waals surface area contributed by atoms with Crippen LogP contribution in [-0.2, 0) is 0 Å². The number of hydrazone groups is 1. The minimum Gasteiger partial charge on any atom is -0.507 e. The third-order valence-corrected chi connectivity index (χ3v) is 2.87. The van der Waals surface area contributed by atoms with Crippen molar-refractivity contribution in [2.75, 3.05) is 5.43 Å². The number of rotatable bonds is 3. The molecule has 0 atom stereocenters. The van der Waals surface area contributed by atoms with E-state index >= 15 is 0 Å². The second-order valence-corrected chi connectivity index (χ2v) is 4.85. The van der Waals surface area contributed by atoms with Crippen LogP contribution in [0.15, 0.2) is 23.3 Å². The van der Waals surface area contributed by atoms with E-state index in [0.29, 0.717) is 11.7 Å². The smallest absolute Gasteiger partial charge is 0.243 e. The molecule has 0 radical (unpaired) electrons. The van der Waals surface area contributed by atoms with Gasteiger partial charge in [-0.2, -0.15) is 5.10 Å². The van der Waals surface area contributed by atoms with Crippen LogP contribution in [0.1, 0.15) is 28.1 Å². The standard InChI is InChI=1S/C15H18N4O/c1-9-5-13(6-10(2)14(9)20)8-16-19-15-17-11(3)7-12(4)18-15/h5-8,20H,1-4H3,(H,17,18,19)/b16-8+. The second-order valence-electron chi connectivity index (χ2n) is 4.85. The van der Waals surface area contributed by atoms with Gasteiger partial charge in [-0.15, -0.1) is 0 Å². The Morgan fingerprint density at radius 3 is 2.10 bits per heavy atom. The molecule has 0 aliphatic carbocycles. The first kappa shape index (κ1) is 14.0. The molecular weight excluding hydrogens is 252 g/mol. The highest BCUT2D eigenvalue weighted by Crippen LogP contribution is 2.22. The fourth-order valence-corrected chi connectivity index (χ4v) is 2.00. The molecule has 2 rings (SSSR count). The number of aryl methyl sites for hydroxylation is 4. The third-order valence-electron chi connectivity index (χ3n) is 2.87. The fraction of sp³-hybridized carbons (Fsp3) is 0.267. The Morgan fingerprint density at radius 1 is 1.00 bits per heavy atom. The molecule has 2 N–H and O–H groups in total. The van der Waals surface area contributed by atoms with Crippen molar-refractivity contribution in [3.63, 3.8) is 0 Å². The first-order valence-electron chi connectivity index (χ1n) is 6.37. The molecule has 0 fully saturated rings. The van der Waals surface area contributed by atoms with Crippen LogP contribution < -0.4 is 5.43 Å². The number of hydrogen-bond acceptors (Lipinski definition) is 5. The number of hydrogen-bond donors (Lipinski definition) is 2.